The molecule has 4 rings (SSSR count). The van der Waals surface area contributed by atoms with Crippen molar-refractivity contribution in [2.45, 2.75) is 108 Å². The van der Waals surface area contributed by atoms with Crippen LogP contribution in [0.15, 0.2) is 85.1 Å². The van der Waals surface area contributed by atoms with E-state index in [4.69, 9.17) is 5.11 Å². The number of carbonyl (C=O) groups excluding carboxylic acids is 6. The Labute approximate surface area is 423 Å². The predicted molar refractivity (Wildman–Crippen MR) is 263 cm³/mol. The zero-order valence-electron chi connectivity index (χ0n) is 40.3. The third-order valence-corrected chi connectivity index (χ3v) is 11.7. The van der Waals surface area contributed by atoms with Gasteiger partial charge in [0.05, 0.1) is 11.6 Å². The van der Waals surface area contributed by atoms with Crippen LogP contribution in [0.4, 0.5) is 4.79 Å². The number of rotatable bonds is 31. The van der Waals surface area contributed by atoms with Crippen molar-refractivity contribution in [3.05, 3.63) is 113 Å². The van der Waals surface area contributed by atoms with Crippen molar-refractivity contribution in [3.63, 3.8) is 0 Å². The minimum atomic E-state index is -1.57. The number of benzene rings is 3. The molecule has 5 atom stereocenters. The van der Waals surface area contributed by atoms with Gasteiger partial charge in [-0.2, -0.15) is 0 Å². The molecule has 0 spiro atoms. The highest BCUT2D eigenvalue weighted by Gasteiger charge is 2.30. The Morgan fingerprint density at radius 2 is 1.08 bits per heavy atom. The Hall–Kier alpha value is -8.76. The number of hydrogen-bond donors (Lipinski definition) is 11. The summed E-state index contributed by atoms with van der Waals surface area (Å²) in [7, 11) is 0. The largest absolute Gasteiger partial charge is 0.481 e. The number of hydrogen-bond acceptors (Lipinski definition) is 12. The van der Waals surface area contributed by atoms with Crippen LogP contribution in [0, 0.1) is 12.8 Å². The Morgan fingerprint density at radius 3 is 1.69 bits per heavy atom. The SMILES string of the molecule is Cc1ccc(C(=O)N[C@@H](CCC(=O)O)C(=O)C[C@@H](CCC(=O)O)C(=O)NCc2ccc(C(=O)N[C@@H](Cc3ccc4ccccc4c3)C(=O)NCCCC[C@H](NC(=O)N[C@@H](CCC(=O)O)C(=O)O)C(=O)O)cc2)cn1. The van der Waals surface area contributed by atoms with Crippen molar-refractivity contribution in [1.29, 1.82) is 0 Å². The van der Waals surface area contributed by atoms with Crippen molar-refractivity contribution < 1.29 is 78.3 Å². The average Bonchev–Trinajstić information content (AvgIpc) is 3.35. The molecule has 23 heteroatoms. The molecule has 0 radical (unpaired) electrons. The van der Waals surface area contributed by atoms with Gasteiger partial charge in [0.2, 0.25) is 11.8 Å². The molecule has 394 valence electrons. The molecular formula is C51H59N7O16. The summed E-state index contributed by atoms with van der Waals surface area (Å²) < 4.78 is 0. The van der Waals surface area contributed by atoms with Crippen LogP contribution in [-0.2, 0) is 51.3 Å². The lowest BCUT2D eigenvalue weighted by molar-refractivity contribution is -0.141. The van der Waals surface area contributed by atoms with E-state index in [0.717, 1.165) is 16.3 Å². The number of Topliss-reactive ketones (excluding diaryl/α,β-unsaturated/α-hetero) is 1. The number of nitrogens with zero attached hydrogens (tertiary/aromatic N) is 1. The van der Waals surface area contributed by atoms with Gasteiger partial charge in [0, 0.05) is 68.6 Å². The molecule has 6 amide bonds. The van der Waals surface area contributed by atoms with Gasteiger partial charge >= 0.3 is 35.9 Å². The summed E-state index contributed by atoms with van der Waals surface area (Å²) in [5.74, 6) is -11.1. The minimum Gasteiger partial charge on any atom is -0.481 e. The first kappa shape index (κ1) is 57.8. The van der Waals surface area contributed by atoms with Gasteiger partial charge in [-0.3, -0.25) is 43.3 Å². The quantitative estimate of drug-likeness (QED) is 0.0323. The molecule has 0 aliphatic rings. The molecule has 0 aliphatic heterocycles. The Balaban J connectivity index is 1.38. The minimum absolute atomic E-state index is 0.0390. The van der Waals surface area contributed by atoms with Crippen LogP contribution in [0.5, 0.6) is 0 Å². The Morgan fingerprint density at radius 1 is 0.527 bits per heavy atom. The number of aliphatic carboxylic acids is 5. The Kier molecular flexibility index (Phi) is 22.6. The van der Waals surface area contributed by atoms with E-state index in [1.807, 2.05) is 42.5 Å². The number of aromatic nitrogens is 1. The number of fused-ring (bicyclic) bond motifs is 1. The highest BCUT2D eigenvalue weighted by atomic mass is 16.4. The second kappa shape index (κ2) is 28.9. The lowest BCUT2D eigenvalue weighted by Gasteiger charge is -2.21. The van der Waals surface area contributed by atoms with Crippen molar-refractivity contribution in [3.8, 4) is 0 Å². The number of urea groups is 1. The molecule has 11 N–H and O–H groups in total. The first-order valence-electron chi connectivity index (χ1n) is 23.6. The monoisotopic (exact) mass is 1030 g/mol. The van der Waals surface area contributed by atoms with Crippen LogP contribution >= 0.6 is 0 Å². The molecule has 74 heavy (non-hydrogen) atoms. The number of pyridine rings is 1. The molecule has 0 unspecified atom stereocenters. The standard InChI is InChI=1S/C51H59N7O16/c1-29-9-13-36(28-53-29)47(68)55-37(18-21-43(62)63)41(59)26-35(17-20-42(60)61)45(66)54-27-30-10-15-33(16-11-30)46(67)56-40(25-31-12-14-32-6-2-3-7-34(32)24-31)48(69)52-23-5-4-8-38(49(70)71)57-51(74)58-39(50(72)73)19-22-44(64)65/h2-3,6-7,9-16,24,28,35,37-40H,4-5,8,17-23,25-27H2,1H3,(H,52,69)(H,54,66)(H,55,68)(H,56,67)(H,60,61)(H,62,63)(H,64,65)(H,70,71)(H,72,73)(H2,57,58,74)/t35-,37+,38+,39+,40+/m1/s1. The van der Waals surface area contributed by atoms with Crippen LogP contribution < -0.4 is 31.9 Å². The molecule has 1 aromatic heterocycles. The maximum atomic E-state index is 13.7. The lowest BCUT2D eigenvalue weighted by Crippen LogP contribution is -2.51. The second-order valence-corrected chi connectivity index (χ2v) is 17.4. The second-order valence-electron chi connectivity index (χ2n) is 17.4. The zero-order chi connectivity index (χ0) is 54.3. The van der Waals surface area contributed by atoms with E-state index < -0.39 is 127 Å². The van der Waals surface area contributed by atoms with Gasteiger partial charge in [0.15, 0.2) is 5.78 Å². The van der Waals surface area contributed by atoms with E-state index in [9.17, 15) is 73.2 Å². The van der Waals surface area contributed by atoms with Crippen LogP contribution in [0.3, 0.4) is 0 Å². The molecule has 1 heterocycles. The molecule has 0 saturated carbocycles. The normalized spacial score (nSPS) is 12.9. The van der Waals surface area contributed by atoms with E-state index in [1.165, 1.54) is 36.5 Å². The average molecular weight is 1030 g/mol. The van der Waals surface area contributed by atoms with Gasteiger partial charge in [0.25, 0.3) is 11.8 Å². The number of unbranched alkanes of at least 4 members (excludes halogenated alkanes) is 1. The predicted octanol–water partition coefficient (Wildman–Crippen LogP) is 2.96. The number of ketones is 1. The third-order valence-electron chi connectivity index (χ3n) is 11.7. The number of aryl methyl sites for hydroxylation is 1. The number of carbonyl (C=O) groups is 11. The summed E-state index contributed by atoms with van der Waals surface area (Å²) in [5, 5.41) is 63.3. The molecule has 23 nitrogen and oxygen atoms in total. The van der Waals surface area contributed by atoms with E-state index in [-0.39, 0.29) is 62.7 Å². The van der Waals surface area contributed by atoms with Gasteiger partial charge in [0.1, 0.15) is 18.1 Å². The first-order valence-corrected chi connectivity index (χ1v) is 23.6. The first-order chi connectivity index (χ1) is 35.2. The van der Waals surface area contributed by atoms with E-state index in [0.29, 0.717) is 11.3 Å². The highest BCUT2D eigenvalue weighted by Crippen LogP contribution is 2.19. The van der Waals surface area contributed by atoms with E-state index in [1.54, 1.807) is 13.0 Å². The van der Waals surface area contributed by atoms with Crippen molar-refractivity contribution in [1.82, 2.24) is 36.9 Å². The smallest absolute Gasteiger partial charge is 0.326 e. The van der Waals surface area contributed by atoms with Crippen molar-refractivity contribution in [2.24, 2.45) is 5.92 Å². The Bertz CT molecular complexity index is 2680. The summed E-state index contributed by atoms with van der Waals surface area (Å²) in [5.41, 5.74) is 2.12. The van der Waals surface area contributed by atoms with Crippen molar-refractivity contribution in [2.75, 3.05) is 6.54 Å². The van der Waals surface area contributed by atoms with E-state index in [2.05, 4.69) is 36.9 Å². The third kappa shape index (κ3) is 19.8. The molecule has 0 saturated heterocycles. The summed E-state index contributed by atoms with van der Waals surface area (Å²) in [6, 6.07) is 15.6. The molecular weight excluding hydrogens is 967 g/mol. The van der Waals surface area contributed by atoms with Gasteiger partial charge < -0.3 is 57.4 Å². The van der Waals surface area contributed by atoms with Crippen LogP contribution in [0.1, 0.15) is 102 Å². The summed E-state index contributed by atoms with van der Waals surface area (Å²) in [4.78, 5) is 141. The van der Waals surface area contributed by atoms with Crippen LogP contribution in [-0.4, -0.2) is 127 Å². The van der Waals surface area contributed by atoms with Gasteiger partial charge in [-0.1, -0.05) is 54.6 Å². The van der Waals surface area contributed by atoms with Gasteiger partial charge in [-0.25, -0.2) is 14.4 Å². The fourth-order valence-electron chi connectivity index (χ4n) is 7.54. The van der Waals surface area contributed by atoms with Crippen LogP contribution in [0.2, 0.25) is 0 Å². The summed E-state index contributed by atoms with van der Waals surface area (Å²) in [6.45, 7) is 1.64. The van der Waals surface area contributed by atoms with Crippen molar-refractivity contribution >= 4 is 76.1 Å². The summed E-state index contributed by atoms with van der Waals surface area (Å²) in [6.07, 6.45) is -1.32. The number of carboxylic acids is 5. The number of carboxylic acid groups (broad SMARTS) is 5. The molecule has 0 fully saturated rings. The molecule has 4 aromatic rings. The van der Waals surface area contributed by atoms with Gasteiger partial charge in [-0.15, -0.1) is 0 Å². The van der Waals surface area contributed by atoms with Gasteiger partial charge in [-0.05, 0) is 91.6 Å². The fraction of sp³-hybridized carbons (Fsp3) is 0.373. The maximum absolute atomic E-state index is 13.7. The highest BCUT2D eigenvalue weighted by molar-refractivity contribution is 5.99. The number of amides is 6. The lowest BCUT2D eigenvalue weighted by atomic mass is 9.91. The number of nitrogens with one attached hydrogen (secondary N) is 6. The van der Waals surface area contributed by atoms with Crippen LogP contribution in [0.25, 0.3) is 10.8 Å². The molecule has 3 aromatic carbocycles. The maximum Gasteiger partial charge on any atom is 0.326 e. The van der Waals surface area contributed by atoms with E-state index >= 15 is 0 Å². The topological polar surface area (TPSA) is 374 Å². The fourth-order valence-corrected chi connectivity index (χ4v) is 7.54. The molecule has 0 aliphatic carbocycles. The zero-order valence-corrected chi connectivity index (χ0v) is 40.3. The summed E-state index contributed by atoms with van der Waals surface area (Å²) >= 11 is 0. The molecule has 0 bridgehead atoms.